The Balaban J connectivity index is 0.00000924. The molecule has 450 valence electrons. The number of carbonyl (C=O) groups excluding carboxylic acids is 3. The molecule has 23 nitrogen and oxygen atoms in total. The molecular formula is C56H87NaO23. The molecule has 0 radical (unpaired) electrons. The van der Waals surface area contributed by atoms with E-state index in [0.29, 0.717) is 44.1 Å². The number of esters is 2. The van der Waals surface area contributed by atoms with Crippen LogP contribution in [0, 0.1) is 56.2 Å². The van der Waals surface area contributed by atoms with Crippen molar-refractivity contribution in [2.24, 2.45) is 56.2 Å². The van der Waals surface area contributed by atoms with Crippen LogP contribution in [-0.4, -0.2) is 210 Å². The summed E-state index contributed by atoms with van der Waals surface area (Å²) in [5.41, 5.74) is -4.61. The van der Waals surface area contributed by atoms with E-state index in [1.807, 2.05) is 34.6 Å². The van der Waals surface area contributed by atoms with Gasteiger partial charge >= 0.3 is 41.5 Å². The Morgan fingerprint density at radius 1 is 0.713 bits per heavy atom. The van der Waals surface area contributed by atoms with Crippen molar-refractivity contribution in [2.45, 2.75) is 231 Å². The van der Waals surface area contributed by atoms with Gasteiger partial charge in [0.25, 0.3) is 0 Å². The van der Waals surface area contributed by atoms with Crippen LogP contribution in [0.3, 0.4) is 0 Å². The summed E-state index contributed by atoms with van der Waals surface area (Å²) >= 11 is 0. The van der Waals surface area contributed by atoms with Gasteiger partial charge in [0.15, 0.2) is 25.0 Å². The van der Waals surface area contributed by atoms with Crippen molar-refractivity contribution in [3.05, 3.63) is 23.3 Å². The number of aliphatic carboxylic acids is 1. The number of hydrogen-bond acceptors (Lipinski definition) is 23. The number of allylic oxidation sites excluding steroid dienone is 2. The smallest absolute Gasteiger partial charge is 0.547 e. The first-order valence-electron chi connectivity index (χ1n) is 28.0. The third-order valence-corrected chi connectivity index (χ3v) is 21.1. The van der Waals surface area contributed by atoms with E-state index in [-0.39, 0.29) is 41.4 Å². The van der Waals surface area contributed by atoms with Crippen molar-refractivity contribution in [3.8, 4) is 0 Å². The molecule has 8 unspecified atom stereocenters. The summed E-state index contributed by atoms with van der Waals surface area (Å²) in [4.78, 5) is 40.0. The second-order valence-electron chi connectivity index (χ2n) is 26.2. The predicted octanol–water partition coefficient (Wildman–Crippen LogP) is -4.38. The number of hydrogen-bond donors (Lipinski definition) is 11. The molecule has 3 aliphatic heterocycles. The minimum atomic E-state index is -2.19. The van der Waals surface area contributed by atoms with Gasteiger partial charge in [0, 0.05) is 16.4 Å². The zero-order valence-electron chi connectivity index (χ0n) is 48.1. The maximum Gasteiger partial charge on any atom is 1.00 e. The van der Waals surface area contributed by atoms with Crippen molar-refractivity contribution in [1.82, 2.24) is 0 Å². The van der Waals surface area contributed by atoms with E-state index in [9.17, 15) is 75.7 Å². The number of carboxylic acid groups (broad SMARTS) is 1. The van der Waals surface area contributed by atoms with Gasteiger partial charge in [-0.25, -0.2) is 4.79 Å². The van der Waals surface area contributed by atoms with E-state index in [4.69, 9.17) is 37.9 Å². The van der Waals surface area contributed by atoms with Crippen molar-refractivity contribution < 1.29 is 143 Å². The molecule has 3 saturated heterocycles. The van der Waals surface area contributed by atoms with Gasteiger partial charge in [-0.15, -0.1) is 0 Å². The summed E-state index contributed by atoms with van der Waals surface area (Å²) < 4.78 is 48.8. The number of aliphatic hydroxyl groups is 11. The molecule has 8 rings (SSSR count). The van der Waals surface area contributed by atoms with E-state index < -0.39 is 199 Å². The minimum absolute atomic E-state index is 0. The molecule has 7 fully saturated rings. The molecule has 0 spiro atoms. The van der Waals surface area contributed by atoms with Crippen LogP contribution in [0.1, 0.15) is 115 Å². The summed E-state index contributed by atoms with van der Waals surface area (Å²) in [5.74, 6) is -4.77. The number of rotatable bonds is 14. The number of fused-ring (bicyclic) bond motifs is 7. The molecule has 4 saturated carbocycles. The Bertz CT molecular complexity index is 2310. The van der Waals surface area contributed by atoms with Crippen LogP contribution in [0.5, 0.6) is 0 Å². The largest absolute Gasteiger partial charge is 1.00 e. The van der Waals surface area contributed by atoms with Crippen LogP contribution in [0.25, 0.3) is 0 Å². The topological polar surface area (TPSA) is 371 Å². The maximum atomic E-state index is 13.7. The first-order valence-corrected chi connectivity index (χ1v) is 28.0. The van der Waals surface area contributed by atoms with Crippen molar-refractivity contribution in [2.75, 3.05) is 19.8 Å². The van der Waals surface area contributed by atoms with E-state index in [1.54, 1.807) is 33.8 Å². The van der Waals surface area contributed by atoms with Gasteiger partial charge in [0.1, 0.15) is 73.2 Å². The third kappa shape index (κ3) is 10.3. The zero-order chi connectivity index (χ0) is 58.6. The molecule has 3 heterocycles. The van der Waals surface area contributed by atoms with Crippen molar-refractivity contribution in [3.63, 3.8) is 0 Å². The molecule has 0 amide bonds. The summed E-state index contributed by atoms with van der Waals surface area (Å²) in [6.45, 7) is 18.4. The molecule has 24 heteroatoms. The van der Waals surface area contributed by atoms with Crippen molar-refractivity contribution >= 4 is 17.9 Å². The fourth-order valence-electron chi connectivity index (χ4n) is 16.2. The molecule has 11 N–H and O–H groups in total. The minimum Gasteiger partial charge on any atom is -0.547 e. The average Bonchev–Trinajstić information content (AvgIpc) is 3.66. The van der Waals surface area contributed by atoms with Gasteiger partial charge in [-0.2, -0.15) is 0 Å². The summed E-state index contributed by atoms with van der Waals surface area (Å²) in [6.07, 6.45) is -25.8. The van der Waals surface area contributed by atoms with Crippen LogP contribution < -0.4 is 34.7 Å². The summed E-state index contributed by atoms with van der Waals surface area (Å²) in [6, 6.07) is 0. The van der Waals surface area contributed by atoms with Gasteiger partial charge in [-0.05, 0) is 86.4 Å². The van der Waals surface area contributed by atoms with E-state index >= 15 is 0 Å². The summed E-state index contributed by atoms with van der Waals surface area (Å²) in [7, 11) is 0. The van der Waals surface area contributed by atoms with Gasteiger partial charge in [-0.1, -0.05) is 80.0 Å². The van der Waals surface area contributed by atoms with Crippen LogP contribution in [0.2, 0.25) is 0 Å². The van der Waals surface area contributed by atoms with E-state index in [0.717, 1.165) is 5.57 Å². The monoisotopic (exact) mass is 1150 g/mol. The summed E-state index contributed by atoms with van der Waals surface area (Å²) in [5, 5.41) is 136. The maximum absolute atomic E-state index is 13.7. The first kappa shape index (κ1) is 65.7. The van der Waals surface area contributed by atoms with Gasteiger partial charge in [0.05, 0.1) is 55.4 Å². The normalized spacial score (nSPS) is 48.7. The molecule has 80 heavy (non-hydrogen) atoms. The Morgan fingerprint density at radius 2 is 1.29 bits per heavy atom. The fourth-order valence-corrected chi connectivity index (χ4v) is 16.2. The third-order valence-electron chi connectivity index (χ3n) is 21.1. The molecule has 8 aliphatic rings. The SMILES string of the molecule is C/C=C(/C)C(=O)O[C@H]1[C@H](OC(=O)C(C)C)[C@@]2(CO)C(CC1(C)C)C1=CCC3[C@@]4(C)CC[C@H](O[C@@H]5OC(C(=O)[O-])[C@H](O)[C@H](O[C@@H]6O[C@H](CO)C(O)[C@@H]6O)C5O[C@@H]5OC(CO)[C@H](O)[C@H](O)C5O)C(C)(C)C4CC[C@@]3(C)[C@]1(C)[C@@H](O)[C@H]2O.[Na+]. The molecule has 0 aromatic carbocycles. The number of carbonyl (C=O) groups is 3. The molecule has 0 aromatic heterocycles. The van der Waals surface area contributed by atoms with Gasteiger partial charge < -0.3 is 104 Å². The Hall–Kier alpha value is -1.79. The van der Waals surface area contributed by atoms with Crippen LogP contribution >= 0.6 is 0 Å². The van der Waals surface area contributed by atoms with E-state index in [1.165, 1.54) is 0 Å². The van der Waals surface area contributed by atoms with Crippen LogP contribution in [0.15, 0.2) is 23.3 Å². The Labute approximate surface area is 489 Å². The quantitative estimate of drug-likeness (QED) is 0.0257. The second-order valence-corrected chi connectivity index (χ2v) is 26.2. The first-order chi connectivity index (χ1) is 36.8. The standard InChI is InChI=1S/C56H88O23.Na/c1-12-24(4)47(71)78-43-44(79-46(70)23(2)3)56(22-59)26(19-51(43,5)6)25-13-14-30-53(9)17-16-31(52(7,8)29(53)15-18-54(30,10)55(25,11)41(66)42(56)67)74-50-40(77-49-36(64)34(62)32(60)27(20-57)72-49)38(37(65)39(76-50)45(68)69)75-48-35(63)33(61)28(21-58)73-48;/h12-13,23,26-44,48-50,57-67H,14-22H2,1-11H3,(H,68,69);/q;+1/p-1/b24-12-;/t26?,27?,28-,29?,30?,31+,32+,33?,34+,35+,36?,37-,38+,39?,40?,41+,42-,43+,44+,48+,49+,50-,53+,54-,55+,56+;/m1./s1. The number of ether oxygens (including phenoxy) is 8. The van der Waals surface area contributed by atoms with Crippen LogP contribution in [-0.2, 0) is 52.3 Å². The predicted molar refractivity (Wildman–Crippen MR) is 270 cm³/mol. The Kier molecular flexibility index (Phi) is 19.6. The molecule has 0 aromatic rings. The molecule has 5 aliphatic carbocycles. The number of aliphatic hydroxyl groups excluding tert-OH is 11. The Morgan fingerprint density at radius 3 is 1.84 bits per heavy atom. The van der Waals surface area contributed by atoms with E-state index in [2.05, 4.69) is 19.9 Å². The second kappa shape index (κ2) is 23.8. The zero-order valence-corrected chi connectivity index (χ0v) is 50.1. The fraction of sp³-hybridized carbons (Fsp3) is 0.875. The average molecular weight is 1150 g/mol. The van der Waals surface area contributed by atoms with Crippen molar-refractivity contribution in [1.29, 1.82) is 0 Å². The molecular weight excluding hydrogens is 1060 g/mol. The molecule has 0 bridgehead atoms. The number of carboxylic acids is 1. The molecule has 26 atom stereocenters. The van der Waals surface area contributed by atoms with Gasteiger partial charge in [0.2, 0.25) is 0 Å². The van der Waals surface area contributed by atoms with Crippen LogP contribution in [0.4, 0.5) is 0 Å². The van der Waals surface area contributed by atoms with Gasteiger partial charge in [-0.3, -0.25) is 4.79 Å².